The fraction of sp³-hybridized carbons (Fsp3) is 0.400. The molecule has 3 rings (SSSR count). The smallest absolute Gasteiger partial charge is 0.369 e. The number of piperazine rings is 1. The van der Waals surface area contributed by atoms with Crippen LogP contribution in [0.25, 0.3) is 0 Å². The van der Waals surface area contributed by atoms with Crippen LogP contribution in [0.3, 0.4) is 0 Å². The van der Waals surface area contributed by atoms with E-state index < -0.39 is 40.9 Å². The Labute approximate surface area is 173 Å². The Bertz CT molecular complexity index is 946. The highest BCUT2D eigenvalue weighted by Gasteiger charge is 2.36. The summed E-state index contributed by atoms with van der Waals surface area (Å²) in [6.07, 6.45) is -4.75. The summed E-state index contributed by atoms with van der Waals surface area (Å²) in [5.74, 6) is -1.32. The number of halogens is 4. The van der Waals surface area contributed by atoms with Crippen molar-refractivity contribution in [2.24, 2.45) is 0 Å². The third-order valence-electron chi connectivity index (χ3n) is 4.81. The van der Waals surface area contributed by atoms with Gasteiger partial charge in [0.25, 0.3) is 0 Å². The van der Waals surface area contributed by atoms with Gasteiger partial charge >= 0.3 is 6.18 Å². The normalized spacial score (nSPS) is 15.6. The summed E-state index contributed by atoms with van der Waals surface area (Å²) in [5, 5.41) is 3.18. The van der Waals surface area contributed by atoms with Crippen molar-refractivity contribution in [2.75, 3.05) is 37.6 Å². The van der Waals surface area contributed by atoms with Crippen molar-refractivity contribution in [2.45, 2.75) is 18.5 Å². The number of hydrogen-bond donors (Lipinski definition) is 1. The molecule has 0 spiro atoms. The van der Waals surface area contributed by atoms with Crippen LogP contribution >= 0.6 is 0 Å². The first-order chi connectivity index (χ1) is 14.1. The second-order valence-electron chi connectivity index (χ2n) is 7.14. The molecule has 0 saturated carbocycles. The minimum absolute atomic E-state index is 0.102. The zero-order valence-corrected chi connectivity index (χ0v) is 17.0. The van der Waals surface area contributed by atoms with Gasteiger partial charge in [0.05, 0.1) is 5.75 Å². The van der Waals surface area contributed by atoms with Gasteiger partial charge in [0.2, 0.25) is 10.0 Å². The summed E-state index contributed by atoms with van der Waals surface area (Å²) in [5.41, 5.74) is 0.876. The number of nitrogens with zero attached hydrogens (tertiary/aromatic N) is 2. The van der Waals surface area contributed by atoms with Crippen molar-refractivity contribution in [3.8, 4) is 0 Å². The van der Waals surface area contributed by atoms with E-state index in [-0.39, 0.29) is 5.56 Å². The number of anilines is 1. The fourth-order valence-electron chi connectivity index (χ4n) is 3.30. The molecule has 0 aliphatic carbocycles. The molecule has 0 amide bonds. The first kappa shape index (κ1) is 22.5. The van der Waals surface area contributed by atoms with Crippen molar-refractivity contribution < 1.29 is 26.0 Å². The Balaban J connectivity index is 1.82. The van der Waals surface area contributed by atoms with Crippen molar-refractivity contribution in [1.29, 1.82) is 0 Å². The third-order valence-corrected chi connectivity index (χ3v) is 6.55. The largest absolute Gasteiger partial charge is 0.402 e. The molecule has 0 bridgehead atoms. The molecule has 1 aliphatic heterocycles. The van der Waals surface area contributed by atoms with E-state index in [0.717, 1.165) is 13.1 Å². The molecule has 2 aromatic carbocycles. The van der Waals surface area contributed by atoms with Crippen LogP contribution in [-0.2, 0) is 22.3 Å². The summed E-state index contributed by atoms with van der Waals surface area (Å²) in [6, 6.07) is 12.1. The highest BCUT2D eigenvalue weighted by molar-refractivity contribution is 7.88. The number of benzene rings is 2. The lowest BCUT2D eigenvalue weighted by molar-refractivity contribution is -0.137. The maximum Gasteiger partial charge on any atom is 0.402 e. The predicted molar refractivity (Wildman–Crippen MR) is 107 cm³/mol. The molecule has 0 atom stereocenters. The Morgan fingerprint density at radius 2 is 1.70 bits per heavy atom. The zero-order chi connectivity index (χ0) is 21.8. The lowest BCUT2D eigenvalue weighted by Gasteiger charge is -2.30. The van der Waals surface area contributed by atoms with Gasteiger partial charge in [-0.05, 0) is 17.7 Å². The van der Waals surface area contributed by atoms with Crippen LogP contribution in [-0.4, -0.2) is 51.6 Å². The molecule has 1 saturated heterocycles. The number of rotatable bonds is 7. The van der Waals surface area contributed by atoms with E-state index >= 15 is 0 Å². The highest BCUT2D eigenvalue weighted by Crippen LogP contribution is 2.25. The Morgan fingerprint density at radius 1 is 1.03 bits per heavy atom. The molecule has 1 N–H and O–H groups in total. The van der Waals surface area contributed by atoms with E-state index in [1.54, 1.807) is 24.3 Å². The topological polar surface area (TPSA) is 52.7 Å². The van der Waals surface area contributed by atoms with Gasteiger partial charge in [0.15, 0.2) is 0 Å². The van der Waals surface area contributed by atoms with E-state index in [9.17, 15) is 26.0 Å². The molecule has 1 heterocycles. The number of alkyl halides is 3. The van der Waals surface area contributed by atoms with Crippen LogP contribution in [0.1, 0.15) is 11.1 Å². The van der Waals surface area contributed by atoms with Gasteiger partial charge in [0.1, 0.15) is 12.4 Å². The van der Waals surface area contributed by atoms with Gasteiger partial charge in [-0.3, -0.25) is 0 Å². The average Bonchev–Trinajstić information content (AvgIpc) is 2.69. The van der Waals surface area contributed by atoms with Crippen molar-refractivity contribution in [3.05, 3.63) is 65.5 Å². The quantitative estimate of drug-likeness (QED) is 0.666. The van der Waals surface area contributed by atoms with E-state index in [2.05, 4.69) is 5.32 Å². The van der Waals surface area contributed by atoms with Gasteiger partial charge < -0.3 is 10.2 Å². The number of nitrogens with one attached hydrogen (secondary N) is 1. The van der Waals surface area contributed by atoms with E-state index in [1.807, 2.05) is 4.90 Å². The maximum atomic E-state index is 14.7. The molecular formula is C20H23F4N3O2S. The van der Waals surface area contributed by atoms with Crippen LogP contribution in [0.15, 0.2) is 48.5 Å². The Morgan fingerprint density at radius 3 is 2.30 bits per heavy atom. The number of sulfonamides is 1. The standard InChI is InChI=1S/C20H23F4N3O2S/c21-19-12-18(26-10-8-25-9-11-26)7-6-17(19)13-27(15-20(22,23)24)30(28,29)14-16-4-2-1-3-5-16/h1-7,12,25H,8-11,13-15H2. The first-order valence-electron chi connectivity index (χ1n) is 9.47. The van der Waals surface area contributed by atoms with Crippen molar-refractivity contribution in [1.82, 2.24) is 9.62 Å². The molecular weight excluding hydrogens is 422 g/mol. The van der Waals surface area contributed by atoms with Crippen LogP contribution < -0.4 is 10.2 Å². The van der Waals surface area contributed by atoms with E-state index in [4.69, 9.17) is 0 Å². The minimum Gasteiger partial charge on any atom is -0.369 e. The molecule has 10 heteroatoms. The molecule has 1 fully saturated rings. The Hall–Kier alpha value is -2.17. The molecule has 1 aliphatic rings. The molecule has 30 heavy (non-hydrogen) atoms. The summed E-state index contributed by atoms with van der Waals surface area (Å²) < 4.78 is 79.6. The second kappa shape index (κ2) is 9.32. The monoisotopic (exact) mass is 445 g/mol. The second-order valence-corrected chi connectivity index (χ2v) is 9.11. The van der Waals surface area contributed by atoms with E-state index in [1.165, 1.54) is 24.3 Å². The van der Waals surface area contributed by atoms with Crippen LogP contribution in [0.4, 0.5) is 23.2 Å². The van der Waals surface area contributed by atoms with Crippen LogP contribution in [0, 0.1) is 5.82 Å². The number of hydrogen-bond acceptors (Lipinski definition) is 4. The molecule has 5 nitrogen and oxygen atoms in total. The Kier molecular flexibility index (Phi) is 6.99. The minimum atomic E-state index is -4.75. The van der Waals surface area contributed by atoms with Gasteiger partial charge in [-0.1, -0.05) is 36.4 Å². The summed E-state index contributed by atoms with van der Waals surface area (Å²) in [7, 11) is -4.33. The molecule has 0 radical (unpaired) electrons. The third kappa shape index (κ3) is 6.16. The summed E-state index contributed by atoms with van der Waals surface area (Å²) >= 11 is 0. The summed E-state index contributed by atoms with van der Waals surface area (Å²) in [4.78, 5) is 1.96. The fourth-order valence-corrected chi connectivity index (χ4v) is 4.78. The summed E-state index contributed by atoms with van der Waals surface area (Å²) in [6.45, 7) is 0.499. The zero-order valence-electron chi connectivity index (χ0n) is 16.2. The van der Waals surface area contributed by atoms with Crippen LogP contribution in [0.2, 0.25) is 0 Å². The first-order valence-corrected chi connectivity index (χ1v) is 11.1. The molecule has 0 aromatic heterocycles. The average molecular weight is 445 g/mol. The van der Waals surface area contributed by atoms with Crippen molar-refractivity contribution in [3.63, 3.8) is 0 Å². The lowest BCUT2D eigenvalue weighted by atomic mass is 10.1. The van der Waals surface area contributed by atoms with E-state index in [0.29, 0.717) is 28.6 Å². The van der Waals surface area contributed by atoms with Gasteiger partial charge in [0, 0.05) is 44.0 Å². The highest BCUT2D eigenvalue weighted by atomic mass is 32.2. The van der Waals surface area contributed by atoms with Crippen LogP contribution in [0.5, 0.6) is 0 Å². The van der Waals surface area contributed by atoms with Gasteiger partial charge in [-0.25, -0.2) is 12.8 Å². The molecule has 164 valence electrons. The van der Waals surface area contributed by atoms with Gasteiger partial charge in [-0.15, -0.1) is 0 Å². The SMILES string of the molecule is O=S(=O)(Cc1ccccc1)N(Cc1ccc(N2CCNCC2)cc1F)CC(F)(F)F. The van der Waals surface area contributed by atoms with Crippen molar-refractivity contribution >= 4 is 15.7 Å². The lowest BCUT2D eigenvalue weighted by Crippen LogP contribution is -2.43. The molecule has 2 aromatic rings. The molecule has 0 unspecified atom stereocenters. The predicted octanol–water partition coefficient (Wildman–Crippen LogP) is 3.13. The van der Waals surface area contributed by atoms with Gasteiger partial charge in [-0.2, -0.15) is 17.5 Å². The maximum absolute atomic E-state index is 14.7.